The monoisotopic (exact) mass is 372 g/mol. The molecule has 23 heavy (non-hydrogen) atoms. The van der Waals surface area contributed by atoms with Crippen LogP contribution in [0.2, 0.25) is 0 Å². The lowest BCUT2D eigenvalue weighted by Gasteiger charge is -2.18. The number of nitrogens with one attached hydrogen (secondary N) is 1. The SMILES string of the molecule is Brc1cnn2c(NCc3cccnc3)cc(N3CCCC3)nc12. The third kappa shape index (κ3) is 2.88. The highest BCUT2D eigenvalue weighted by Crippen LogP contribution is 2.26. The molecule has 1 N–H and O–H groups in total. The molecule has 0 aromatic carbocycles. The highest BCUT2D eigenvalue weighted by atomic mass is 79.9. The second kappa shape index (κ2) is 6.16. The molecule has 1 fully saturated rings. The van der Waals surface area contributed by atoms with Gasteiger partial charge in [0.15, 0.2) is 5.65 Å². The summed E-state index contributed by atoms with van der Waals surface area (Å²) in [4.78, 5) is 11.2. The first-order valence-electron chi connectivity index (χ1n) is 7.73. The van der Waals surface area contributed by atoms with Gasteiger partial charge in [-0.3, -0.25) is 4.98 Å². The number of halogens is 1. The summed E-state index contributed by atoms with van der Waals surface area (Å²) in [5.74, 6) is 1.94. The van der Waals surface area contributed by atoms with Crippen molar-refractivity contribution in [2.75, 3.05) is 23.3 Å². The molecule has 0 bridgehead atoms. The van der Waals surface area contributed by atoms with E-state index in [1.54, 1.807) is 12.4 Å². The van der Waals surface area contributed by atoms with Crippen LogP contribution in [-0.4, -0.2) is 32.7 Å². The number of fused-ring (bicyclic) bond motifs is 1. The smallest absolute Gasteiger partial charge is 0.173 e. The largest absolute Gasteiger partial charge is 0.366 e. The molecular formula is C16H17BrN6. The summed E-state index contributed by atoms with van der Waals surface area (Å²) in [6.45, 7) is 2.83. The van der Waals surface area contributed by atoms with Crippen LogP contribution in [0.4, 0.5) is 11.6 Å². The maximum absolute atomic E-state index is 4.76. The van der Waals surface area contributed by atoms with E-state index in [-0.39, 0.29) is 0 Å². The predicted octanol–water partition coefficient (Wildman–Crippen LogP) is 3.10. The van der Waals surface area contributed by atoms with Gasteiger partial charge in [0, 0.05) is 38.1 Å². The summed E-state index contributed by atoms with van der Waals surface area (Å²) in [7, 11) is 0. The maximum atomic E-state index is 4.76. The van der Waals surface area contributed by atoms with Gasteiger partial charge in [-0.05, 0) is 40.4 Å². The molecule has 0 amide bonds. The molecule has 7 heteroatoms. The van der Waals surface area contributed by atoms with Crippen LogP contribution in [-0.2, 0) is 6.54 Å². The molecule has 6 nitrogen and oxygen atoms in total. The first kappa shape index (κ1) is 14.4. The Hall–Kier alpha value is -2.15. The summed E-state index contributed by atoms with van der Waals surface area (Å²) in [5, 5.41) is 7.86. The Morgan fingerprint density at radius 1 is 1.22 bits per heavy atom. The molecule has 0 unspecified atom stereocenters. The van der Waals surface area contributed by atoms with E-state index in [9.17, 15) is 0 Å². The van der Waals surface area contributed by atoms with Crippen LogP contribution in [0.15, 0.2) is 41.3 Å². The van der Waals surface area contributed by atoms with Gasteiger partial charge in [0.1, 0.15) is 11.6 Å². The average molecular weight is 373 g/mol. The summed E-state index contributed by atoms with van der Waals surface area (Å²) < 4.78 is 2.74. The minimum atomic E-state index is 0.698. The van der Waals surface area contributed by atoms with E-state index in [1.165, 1.54) is 12.8 Å². The molecule has 1 aliphatic rings. The number of nitrogens with zero attached hydrogens (tertiary/aromatic N) is 5. The van der Waals surface area contributed by atoms with Crippen molar-refractivity contribution in [2.24, 2.45) is 0 Å². The minimum Gasteiger partial charge on any atom is -0.366 e. The fraction of sp³-hybridized carbons (Fsp3) is 0.312. The Labute approximate surface area is 142 Å². The number of aromatic nitrogens is 4. The van der Waals surface area contributed by atoms with Crippen LogP contribution in [0.5, 0.6) is 0 Å². The first-order valence-corrected chi connectivity index (χ1v) is 8.52. The first-order chi connectivity index (χ1) is 11.3. The van der Waals surface area contributed by atoms with Gasteiger partial charge in [0.05, 0.1) is 10.7 Å². The van der Waals surface area contributed by atoms with Crippen molar-refractivity contribution >= 4 is 33.2 Å². The van der Waals surface area contributed by atoms with Crippen molar-refractivity contribution in [3.05, 3.63) is 46.8 Å². The number of hydrogen-bond donors (Lipinski definition) is 1. The van der Waals surface area contributed by atoms with Crippen LogP contribution in [0.3, 0.4) is 0 Å². The number of anilines is 2. The summed E-state index contributed by atoms with van der Waals surface area (Å²) in [5.41, 5.74) is 1.97. The van der Waals surface area contributed by atoms with Crippen LogP contribution < -0.4 is 10.2 Å². The predicted molar refractivity (Wildman–Crippen MR) is 93.7 cm³/mol. The van der Waals surface area contributed by atoms with E-state index >= 15 is 0 Å². The summed E-state index contributed by atoms with van der Waals surface area (Å²) >= 11 is 3.54. The van der Waals surface area contributed by atoms with Crippen LogP contribution >= 0.6 is 15.9 Å². The molecular weight excluding hydrogens is 356 g/mol. The molecule has 3 aromatic heterocycles. The Morgan fingerprint density at radius 3 is 2.87 bits per heavy atom. The summed E-state index contributed by atoms with van der Waals surface area (Å²) in [6.07, 6.45) is 7.89. The van der Waals surface area contributed by atoms with E-state index in [0.717, 1.165) is 40.4 Å². The zero-order valence-corrected chi connectivity index (χ0v) is 14.2. The molecule has 118 valence electrons. The second-order valence-corrected chi connectivity index (χ2v) is 6.49. The molecule has 0 radical (unpaired) electrons. The second-order valence-electron chi connectivity index (χ2n) is 5.64. The molecule has 1 saturated heterocycles. The molecule has 0 saturated carbocycles. The Kier molecular flexibility index (Phi) is 3.87. The van der Waals surface area contributed by atoms with Crippen molar-refractivity contribution in [1.29, 1.82) is 0 Å². The van der Waals surface area contributed by atoms with Crippen molar-refractivity contribution in [1.82, 2.24) is 19.6 Å². The lowest BCUT2D eigenvalue weighted by Crippen LogP contribution is -2.20. The van der Waals surface area contributed by atoms with Crippen molar-refractivity contribution in [2.45, 2.75) is 19.4 Å². The van der Waals surface area contributed by atoms with E-state index in [4.69, 9.17) is 4.98 Å². The maximum Gasteiger partial charge on any atom is 0.173 e. The van der Waals surface area contributed by atoms with Crippen LogP contribution in [0, 0.1) is 0 Å². The van der Waals surface area contributed by atoms with E-state index in [2.05, 4.69) is 48.4 Å². The Balaban J connectivity index is 1.68. The molecule has 0 aliphatic carbocycles. The van der Waals surface area contributed by atoms with Gasteiger partial charge < -0.3 is 10.2 Å². The third-order valence-corrected chi connectivity index (χ3v) is 4.60. The van der Waals surface area contributed by atoms with Crippen molar-refractivity contribution in [3.63, 3.8) is 0 Å². The number of rotatable bonds is 4. The number of pyridine rings is 1. The Morgan fingerprint density at radius 2 is 2.09 bits per heavy atom. The standard InChI is InChI=1S/C16H17BrN6/c17-13-11-20-23-14(19-10-12-4-3-5-18-9-12)8-15(21-16(13)23)22-6-1-2-7-22/h3-5,8-9,11,19H,1-2,6-7,10H2. The fourth-order valence-electron chi connectivity index (χ4n) is 2.85. The van der Waals surface area contributed by atoms with Gasteiger partial charge in [0.2, 0.25) is 0 Å². The molecule has 3 aromatic rings. The third-order valence-electron chi connectivity index (χ3n) is 4.04. The highest BCUT2D eigenvalue weighted by Gasteiger charge is 2.17. The van der Waals surface area contributed by atoms with Gasteiger partial charge in [0.25, 0.3) is 0 Å². The topological polar surface area (TPSA) is 58.4 Å². The molecule has 4 heterocycles. The molecule has 0 atom stereocenters. The van der Waals surface area contributed by atoms with E-state index in [0.29, 0.717) is 6.54 Å². The van der Waals surface area contributed by atoms with Crippen LogP contribution in [0.25, 0.3) is 5.65 Å². The zero-order chi connectivity index (χ0) is 15.6. The van der Waals surface area contributed by atoms with E-state index < -0.39 is 0 Å². The lowest BCUT2D eigenvalue weighted by molar-refractivity contribution is 0.892. The number of hydrogen-bond acceptors (Lipinski definition) is 5. The highest BCUT2D eigenvalue weighted by molar-refractivity contribution is 9.10. The zero-order valence-electron chi connectivity index (χ0n) is 12.6. The lowest BCUT2D eigenvalue weighted by atomic mass is 10.3. The van der Waals surface area contributed by atoms with Gasteiger partial charge in [-0.15, -0.1) is 0 Å². The van der Waals surface area contributed by atoms with Crippen molar-refractivity contribution in [3.8, 4) is 0 Å². The van der Waals surface area contributed by atoms with E-state index in [1.807, 2.05) is 16.8 Å². The van der Waals surface area contributed by atoms with Gasteiger partial charge in [-0.2, -0.15) is 9.61 Å². The quantitative estimate of drug-likeness (QED) is 0.762. The van der Waals surface area contributed by atoms with Crippen molar-refractivity contribution < 1.29 is 0 Å². The molecule has 1 aliphatic heterocycles. The fourth-order valence-corrected chi connectivity index (χ4v) is 3.20. The summed E-state index contributed by atoms with van der Waals surface area (Å²) in [6, 6.07) is 6.08. The average Bonchev–Trinajstić information content (AvgIpc) is 3.24. The van der Waals surface area contributed by atoms with Gasteiger partial charge >= 0.3 is 0 Å². The van der Waals surface area contributed by atoms with Gasteiger partial charge in [-0.25, -0.2) is 4.98 Å². The normalized spacial score (nSPS) is 14.6. The van der Waals surface area contributed by atoms with Gasteiger partial charge in [-0.1, -0.05) is 6.07 Å². The Bertz CT molecular complexity index is 810. The minimum absolute atomic E-state index is 0.698. The van der Waals surface area contributed by atoms with Crippen LogP contribution in [0.1, 0.15) is 18.4 Å². The molecule has 0 spiro atoms. The molecule has 4 rings (SSSR count).